The van der Waals surface area contributed by atoms with Crippen molar-refractivity contribution in [1.29, 1.82) is 0 Å². The quantitative estimate of drug-likeness (QED) is 0.751. The average molecular weight is 336 g/mol. The molecule has 0 spiro atoms. The minimum atomic E-state index is -0.326. The number of hydrogen-bond acceptors (Lipinski definition) is 5. The summed E-state index contributed by atoms with van der Waals surface area (Å²) in [6, 6.07) is 13.9. The Labute approximate surface area is 141 Å². The van der Waals surface area contributed by atoms with Gasteiger partial charge in [0.05, 0.1) is 16.3 Å². The van der Waals surface area contributed by atoms with E-state index in [0.717, 1.165) is 28.2 Å². The average Bonchev–Trinajstić information content (AvgIpc) is 3.09. The van der Waals surface area contributed by atoms with Crippen molar-refractivity contribution in [3.05, 3.63) is 68.6 Å². The molecule has 0 saturated heterocycles. The standard InChI is InChI=1S/C18H12N2O3S/c21-13-5-3-4-12(9-13)20-17(22)16(24-18(20)23)8-11-10-19-15-7-2-1-6-14(11)15/h1-10,21-22H. The monoisotopic (exact) mass is 336 g/mol. The zero-order valence-corrected chi connectivity index (χ0v) is 13.2. The lowest BCUT2D eigenvalue weighted by Gasteiger charge is -2.04. The summed E-state index contributed by atoms with van der Waals surface area (Å²) in [7, 11) is 0. The highest BCUT2D eigenvalue weighted by molar-refractivity contribution is 7.10. The smallest absolute Gasteiger partial charge is 0.315 e. The summed E-state index contributed by atoms with van der Waals surface area (Å²) in [6.45, 7) is 0. The van der Waals surface area contributed by atoms with Crippen molar-refractivity contribution in [2.24, 2.45) is 4.99 Å². The van der Waals surface area contributed by atoms with Gasteiger partial charge in [0.1, 0.15) is 5.75 Å². The van der Waals surface area contributed by atoms with Crippen LogP contribution in [0, 0.1) is 0 Å². The highest BCUT2D eigenvalue weighted by Crippen LogP contribution is 2.35. The first-order chi connectivity index (χ1) is 11.6. The molecular weight excluding hydrogens is 324 g/mol. The largest absolute Gasteiger partial charge is 0.508 e. The molecule has 1 aliphatic rings. The van der Waals surface area contributed by atoms with Crippen LogP contribution in [0.25, 0.3) is 17.3 Å². The highest BCUT2D eigenvalue weighted by Gasteiger charge is 2.17. The molecule has 0 saturated carbocycles. The molecule has 4 rings (SSSR count). The van der Waals surface area contributed by atoms with E-state index in [1.165, 1.54) is 16.7 Å². The van der Waals surface area contributed by atoms with Crippen LogP contribution in [-0.2, 0) is 0 Å². The molecule has 1 aliphatic heterocycles. The van der Waals surface area contributed by atoms with Gasteiger partial charge >= 0.3 is 4.87 Å². The Hall–Kier alpha value is -3.12. The molecule has 2 N–H and O–H groups in total. The second kappa shape index (κ2) is 5.50. The third kappa shape index (κ3) is 2.33. The van der Waals surface area contributed by atoms with Crippen LogP contribution in [0.3, 0.4) is 0 Å². The van der Waals surface area contributed by atoms with Crippen molar-refractivity contribution in [2.75, 3.05) is 0 Å². The molecule has 3 aromatic rings. The first-order valence-electron chi connectivity index (χ1n) is 7.23. The molecule has 2 heterocycles. The van der Waals surface area contributed by atoms with Gasteiger partial charge in [-0.3, -0.25) is 9.79 Å². The molecular formula is C18H12N2O3S. The van der Waals surface area contributed by atoms with Crippen LogP contribution in [0.4, 0.5) is 5.69 Å². The van der Waals surface area contributed by atoms with E-state index in [0.29, 0.717) is 10.6 Å². The normalized spacial score (nSPS) is 14.2. The second-order valence-corrected chi connectivity index (χ2v) is 6.28. The van der Waals surface area contributed by atoms with Crippen LogP contribution in [0.5, 0.6) is 11.6 Å². The van der Waals surface area contributed by atoms with Gasteiger partial charge in [-0.25, -0.2) is 4.57 Å². The van der Waals surface area contributed by atoms with E-state index in [-0.39, 0.29) is 16.5 Å². The fourth-order valence-corrected chi connectivity index (χ4v) is 3.47. The van der Waals surface area contributed by atoms with E-state index < -0.39 is 0 Å². The molecule has 6 heteroatoms. The highest BCUT2D eigenvalue weighted by atomic mass is 32.1. The van der Waals surface area contributed by atoms with Crippen LogP contribution in [0.1, 0.15) is 10.4 Å². The van der Waals surface area contributed by atoms with Gasteiger partial charge in [-0.05, 0) is 24.3 Å². The van der Waals surface area contributed by atoms with Crippen LogP contribution in [0.2, 0.25) is 0 Å². The lowest BCUT2D eigenvalue weighted by molar-refractivity contribution is 0.439. The van der Waals surface area contributed by atoms with Gasteiger partial charge in [-0.1, -0.05) is 35.6 Å². The first-order valence-corrected chi connectivity index (χ1v) is 8.04. The molecule has 0 amide bonds. The molecule has 2 aromatic carbocycles. The Morgan fingerprint density at radius 3 is 2.75 bits per heavy atom. The Morgan fingerprint density at radius 2 is 1.92 bits per heavy atom. The van der Waals surface area contributed by atoms with E-state index in [2.05, 4.69) is 4.99 Å². The number of hydrogen-bond donors (Lipinski definition) is 2. The Morgan fingerprint density at radius 1 is 1.08 bits per heavy atom. The van der Waals surface area contributed by atoms with Gasteiger partial charge in [0.2, 0.25) is 5.88 Å². The minimum Gasteiger partial charge on any atom is -0.508 e. The van der Waals surface area contributed by atoms with Crippen molar-refractivity contribution in [3.63, 3.8) is 0 Å². The SMILES string of the molecule is O=c1sc(C=C2C=Nc3ccccc32)c(O)n1-c1cccc(O)c1. The number of benzene rings is 2. The lowest BCUT2D eigenvalue weighted by Crippen LogP contribution is -2.09. The van der Waals surface area contributed by atoms with Crippen LogP contribution in [-0.4, -0.2) is 21.0 Å². The third-order valence-electron chi connectivity index (χ3n) is 3.74. The van der Waals surface area contributed by atoms with Gasteiger partial charge in [0, 0.05) is 23.4 Å². The predicted octanol–water partition coefficient (Wildman–Crippen LogP) is 3.57. The van der Waals surface area contributed by atoms with Gasteiger partial charge in [-0.15, -0.1) is 0 Å². The van der Waals surface area contributed by atoms with Crippen LogP contribution in [0.15, 0.2) is 58.3 Å². The fraction of sp³-hybridized carbons (Fsp3) is 0. The van der Waals surface area contributed by atoms with E-state index in [1.807, 2.05) is 24.3 Å². The first kappa shape index (κ1) is 14.5. The number of aromatic hydroxyl groups is 2. The fourth-order valence-electron chi connectivity index (χ4n) is 2.63. The van der Waals surface area contributed by atoms with E-state index in [4.69, 9.17) is 0 Å². The van der Waals surface area contributed by atoms with E-state index in [9.17, 15) is 15.0 Å². The summed E-state index contributed by atoms with van der Waals surface area (Å²) in [5.41, 5.74) is 3.08. The predicted molar refractivity (Wildman–Crippen MR) is 95.7 cm³/mol. The molecule has 0 unspecified atom stereocenters. The number of phenolic OH excluding ortho intramolecular Hbond substituents is 1. The van der Waals surface area contributed by atoms with Crippen molar-refractivity contribution in [3.8, 4) is 17.3 Å². The van der Waals surface area contributed by atoms with Gasteiger partial charge in [0.15, 0.2) is 0 Å². The number of rotatable bonds is 2. The minimum absolute atomic E-state index is 0.0294. The maximum atomic E-state index is 12.3. The van der Waals surface area contributed by atoms with Gasteiger partial charge in [0.25, 0.3) is 0 Å². The maximum Gasteiger partial charge on any atom is 0.315 e. The maximum absolute atomic E-state index is 12.3. The molecule has 0 bridgehead atoms. The van der Waals surface area contributed by atoms with Gasteiger partial charge in [-0.2, -0.15) is 0 Å². The number of fused-ring (bicyclic) bond motifs is 1. The molecule has 24 heavy (non-hydrogen) atoms. The Balaban J connectivity index is 1.83. The summed E-state index contributed by atoms with van der Waals surface area (Å²) < 4.78 is 1.18. The topological polar surface area (TPSA) is 74.8 Å². The zero-order valence-electron chi connectivity index (χ0n) is 12.4. The van der Waals surface area contributed by atoms with Crippen LogP contribution < -0.4 is 4.87 Å². The second-order valence-electron chi connectivity index (χ2n) is 5.29. The molecule has 5 nitrogen and oxygen atoms in total. The summed E-state index contributed by atoms with van der Waals surface area (Å²) in [4.78, 5) is 16.7. The van der Waals surface area contributed by atoms with Gasteiger partial charge < -0.3 is 10.2 Å². The molecule has 0 aliphatic carbocycles. The number of phenols is 1. The van der Waals surface area contributed by atoms with Crippen molar-refractivity contribution < 1.29 is 10.2 Å². The molecule has 0 atom stereocenters. The van der Waals surface area contributed by atoms with E-state index >= 15 is 0 Å². The third-order valence-corrected chi connectivity index (χ3v) is 4.62. The number of para-hydroxylation sites is 1. The lowest BCUT2D eigenvalue weighted by atomic mass is 10.1. The number of nitrogens with zero attached hydrogens (tertiary/aromatic N) is 2. The summed E-state index contributed by atoms with van der Waals surface area (Å²) in [5, 5.41) is 20.0. The molecule has 118 valence electrons. The Kier molecular flexibility index (Phi) is 3.32. The summed E-state index contributed by atoms with van der Waals surface area (Å²) >= 11 is 0.941. The number of aromatic nitrogens is 1. The number of thiazole rings is 1. The van der Waals surface area contributed by atoms with Crippen molar-refractivity contribution >= 4 is 34.9 Å². The van der Waals surface area contributed by atoms with Crippen LogP contribution >= 0.6 is 11.3 Å². The zero-order chi connectivity index (χ0) is 16.7. The number of allylic oxidation sites excluding steroid dienone is 1. The molecule has 1 aromatic heterocycles. The molecule has 0 fully saturated rings. The van der Waals surface area contributed by atoms with Crippen molar-refractivity contribution in [2.45, 2.75) is 0 Å². The van der Waals surface area contributed by atoms with Crippen molar-refractivity contribution in [1.82, 2.24) is 4.57 Å². The van der Waals surface area contributed by atoms with E-state index in [1.54, 1.807) is 24.4 Å². The molecule has 0 radical (unpaired) electrons. The summed E-state index contributed by atoms with van der Waals surface area (Å²) in [6.07, 6.45) is 3.46. The summed E-state index contributed by atoms with van der Waals surface area (Å²) in [5.74, 6) is -0.123. The number of aliphatic imine (C=N–C) groups is 1. The Bertz CT molecular complexity index is 1060.